The van der Waals surface area contributed by atoms with Gasteiger partial charge in [-0.3, -0.25) is 4.68 Å². The highest BCUT2D eigenvalue weighted by molar-refractivity contribution is 9.10. The van der Waals surface area contributed by atoms with E-state index in [4.69, 9.17) is 0 Å². The van der Waals surface area contributed by atoms with E-state index in [-0.39, 0.29) is 0 Å². The van der Waals surface area contributed by atoms with Crippen LogP contribution in [-0.2, 0) is 19.5 Å². The molecule has 0 amide bonds. The van der Waals surface area contributed by atoms with Crippen molar-refractivity contribution in [3.63, 3.8) is 0 Å². The molecule has 0 aliphatic rings. The maximum absolute atomic E-state index is 4.67. The molecule has 0 N–H and O–H groups in total. The van der Waals surface area contributed by atoms with Crippen molar-refractivity contribution in [2.24, 2.45) is 0 Å². The first-order chi connectivity index (χ1) is 9.96. The zero-order chi connectivity index (χ0) is 15.6. The molecule has 3 nitrogen and oxygen atoms in total. The molecule has 0 saturated heterocycles. The minimum atomic E-state index is 0.852. The molecule has 4 heteroatoms. The predicted octanol–water partition coefficient (Wildman–Crippen LogP) is 4.48. The number of anilines is 1. The van der Waals surface area contributed by atoms with Gasteiger partial charge in [-0.1, -0.05) is 13.0 Å². The lowest BCUT2D eigenvalue weighted by molar-refractivity contribution is 0.609. The third kappa shape index (κ3) is 3.49. The van der Waals surface area contributed by atoms with E-state index in [9.17, 15) is 0 Å². The molecule has 1 aromatic carbocycles. The Morgan fingerprint density at radius 1 is 1.14 bits per heavy atom. The molecule has 0 saturated carbocycles. The molecule has 0 aliphatic carbocycles. The van der Waals surface area contributed by atoms with Crippen molar-refractivity contribution in [3.8, 4) is 0 Å². The zero-order valence-corrected chi connectivity index (χ0v) is 15.2. The van der Waals surface area contributed by atoms with Crippen LogP contribution < -0.4 is 4.90 Å². The summed E-state index contributed by atoms with van der Waals surface area (Å²) in [5, 5.41) is 4.67. The highest BCUT2D eigenvalue weighted by Crippen LogP contribution is 2.26. The van der Waals surface area contributed by atoms with Crippen molar-refractivity contribution in [2.75, 3.05) is 11.9 Å². The molecule has 2 rings (SSSR count). The number of benzene rings is 1. The van der Waals surface area contributed by atoms with Gasteiger partial charge in [0.15, 0.2) is 0 Å². The first-order valence-electron chi connectivity index (χ1n) is 7.49. The van der Waals surface area contributed by atoms with Crippen LogP contribution in [0.3, 0.4) is 0 Å². The van der Waals surface area contributed by atoms with Crippen molar-refractivity contribution in [1.82, 2.24) is 9.78 Å². The van der Waals surface area contributed by atoms with Gasteiger partial charge in [0.2, 0.25) is 0 Å². The molecule has 2 aromatic rings. The van der Waals surface area contributed by atoms with Gasteiger partial charge in [-0.2, -0.15) is 5.10 Å². The quantitative estimate of drug-likeness (QED) is 0.793. The topological polar surface area (TPSA) is 21.1 Å². The van der Waals surface area contributed by atoms with E-state index >= 15 is 0 Å². The van der Waals surface area contributed by atoms with Crippen LogP contribution in [0.4, 0.5) is 5.69 Å². The second-order valence-corrected chi connectivity index (χ2v) is 6.37. The molecule has 0 aliphatic heterocycles. The van der Waals surface area contributed by atoms with Gasteiger partial charge in [0.05, 0.1) is 22.4 Å². The minimum absolute atomic E-state index is 0.852. The number of aromatic nitrogens is 2. The van der Waals surface area contributed by atoms with Crippen molar-refractivity contribution in [3.05, 3.63) is 45.2 Å². The fraction of sp³-hybridized carbons (Fsp3) is 0.471. The van der Waals surface area contributed by atoms with Crippen LogP contribution >= 0.6 is 15.9 Å². The molecular weight excluding hydrogens is 326 g/mol. The van der Waals surface area contributed by atoms with Gasteiger partial charge in [-0.15, -0.1) is 0 Å². The lowest BCUT2D eigenvalue weighted by atomic mass is 10.1. The van der Waals surface area contributed by atoms with Crippen LogP contribution in [0.2, 0.25) is 0 Å². The molecule has 0 spiro atoms. The van der Waals surface area contributed by atoms with E-state index in [1.54, 1.807) is 0 Å². The van der Waals surface area contributed by atoms with Crippen LogP contribution in [0.1, 0.15) is 36.4 Å². The molecular formula is C17H24BrN3. The maximum atomic E-state index is 4.67. The summed E-state index contributed by atoms with van der Waals surface area (Å²) in [5.41, 5.74) is 6.24. The summed E-state index contributed by atoms with van der Waals surface area (Å²) in [4.78, 5) is 2.29. The summed E-state index contributed by atoms with van der Waals surface area (Å²) >= 11 is 3.72. The van der Waals surface area contributed by atoms with E-state index in [1.807, 2.05) is 0 Å². The molecule has 0 bridgehead atoms. The largest absolute Gasteiger partial charge is 0.369 e. The third-order valence-corrected chi connectivity index (χ3v) is 4.64. The van der Waals surface area contributed by atoms with Crippen LogP contribution in [0.5, 0.6) is 0 Å². The monoisotopic (exact) mass is 349 g/mol. The lowest BCUT2D eigenvalue weighted by Crippen LogP contribution is -2.19. The Bertz CT molecular complexity index is 611. The average Bonchev–Trinajstić information content (AvgIpc) is 2.74. The second kappa shape index (κ2) is 6.65. The van der Waals surface area contributed by atoms with E-state index in [0.717, 1.165) is 29.7 Å². The molecule has 0 unspecified atom stereocenters. The third-order valence-electron chi connectivity index (χ3n) is 3.73. The Hall–Kier alpha value is -1.29. The Morgan fingerprint density at radius 2 is 1.76 bits per heavy atom. The van der Waals surface area contributed by atoms with Gasteiger partial charge in [-0.25, -0.2) is 0 Å². The Labute approximate surface area is 136 Å². The zero-order valence-electron chi connectivity index (χ0n) is 13.6. The van der Waals surface area contributed by atoms with Crippen molar-refractivity contribution >= 4 is 21.6 Å². The molecule has 1 heterocycles. The molecule has 0 atom stereocenters. The van der Waals surface area contributed by atoms with E-state index in [2.05, 4.69) is 83.6 Å². The van der Waals surface area contributed by atoms with E-state index in [1.165, 1.54) is 22.5 Å². The normalized spacial score (nSPS) is 11.0. The van der Waals surface area contributed by atoms with Gasteiger partial charge in [0, 0.05) is 19.3 Å². The van der Waals surface area contributed by atoms with Crippen molar-refractivity contribution in [2.45, 2.75) is 47.2 Å². The minimum Gasteiger partial charge on any atom is -0.369 e. The highest BCUT2D eigenvalue weighted by Gasteiger charge is 2.15. The smallest absolute Gasteiger partial charge is 0.0767 e. The highest BCUT2D eigenvalue weighted by atomic mass is 79.9. The maximum Gasteiger partial charge on any atom is 0.0767 e. The predicted molar refractivity (Wildman–Crippen MR) is 93.0 cm³/mol. The SMILES string of the molecule is CCc1nn(CC)c(CN(C)c2cc(C)cc(C)c2)c1Br. The summed E-state index contributed by atoms with van der Waals surface area (Å²) in [7, 11) is 2.14. The summed E-state index contributed by atoms with van der Waals surface area (Å²) in [6, 6.07) is 6.67. The van der Waals surface area contributed by atoms with Gasteiger partial charge in [-0.05, 0) is 66.4 Å². The number of aryl methyl sites for hydroxylation is 4. The number of rotatable bonds is 5. The van der Waals surface area contributed by atoms with Gasteiger partial charge < -0.3 is 4.90 Å². The van der Waals surface area contributed by atoms with Crippen molar-refractivity contribution < 1.29 is 0 Å². The Kier molecular flexibility index (Phi) is 5.09. The molecule has 0 radical (unpaired) electrons. The number of nitrogens with zero attached hydrogens (tertiary/aromatic N) is 3. The van der Waals surface area contributed by atoms with E-state index in [0.29, 0.717) is 0 Å². The van der Waals surface area contributed by atoms with Gasteiger partial charge in [0.25, 0.3) is 0 Å². The molecule has 0 fully saturated rings. The standard InChI is InChI=1S/C17H24BrN3/c1-6-15-17(18)16(21(7-2)19-15)11-20(5)14-9-12(3)8-13(4)10-14/h8-10H,6-7,11H2,1-5H3. The summed E-state index contributed by atoms with van der Waals surface area (Å²) < 4.78 is 3.25. The second-order valence-electron chi connectivity index (χ2n) is 5.58. The van der Waals surface area contributed by atoms with Crippen molar-refractivity contribution in [1.29, 1.82) is 0 Å². The lowest BCUT2D eigenvalue weighted by Gasteiger charge is -2.21. The fourth-order valence-electron chi connectivity index (χ4n) is 2.66. The molecule has 1 aromatic heterocycles. The molecule has 114 valence electrons. The molecule has 21 heavy (non-hydrogen) atoms. The van der Waals surface area contributed by atoms with E-state index < -0.39 is 0 Å². The summed E-state index contributed by atoms with van der Waals surface area (Å²) in [5.74, 6) is 0. The Morgan fingerprint density at radius 3 is 2.29 bits per heavy atom. The Balaban J connectivity index is 2.30. The first kappa shape index (κ1) is 16.1. The number of hydrogen-bond acceptors (Lipinski definition) is 2. The summed E-state index contributed by atoms with van der Waals surface area (Å²) in [6.45, 7) is 10.3. The average molecular weight is 350 g/mol. The van der Waals surface area contributed by atoms with Crippen LogP contribution in [-0.4, -0.2) is 16.8 Å². The number of hydrogen-bond donors (Lipinski definition) is 0. The number of halogens is 1. The van der Waals surface area contributed by atoms with Crippen LogP contribution in [0.15, 0.2) is 22.7 Å². The fourth-order valence-corrected chi connectivity index (χ4v) is 3.35. The summed E-state index contributed by atoms with van der Waals surface area (Å²) in [6.07, 6.45) is 0.952. The van der Waals surface area contributed by atoms with Gasteiger partial charge >= 0.3 is 0 Å². The van der Waals surface area contributed by atoms with Crippen LogP contribution in [0, 0.1) is 13.8 Å². The first-order valence-corrected chi connectivity index (χ1v) is 8.29. The van der Waals surface area contributed by atoms with Crippen LogP contribution in [0.25, 0.3) is 0 Å². The van der Waals surface area contributed by atoms with Gasteiger partial charge in [0.1, 0.15) is 0 Å².